The number of nitro groups is 1. The van der Waals surface area contributed by atoms with Crippen molar-refractivity contribution in [3.8, 4) is 0 Å². The van der Waals surface area contributed by atoms with Crippen LogP contribution in [0.3, 0.4) is 0 Å². The summed E-state index contributed by atoms with van der Waals surface area (Å²) in [5, 5.41) is 20.5. The number of carbonyl (C=O) groups excluding carboxylic acids is 1. The Bertz CT molecular complexity index is 951. The Hall–Kier alpha value is -2.63. The minimum absolute atomic E-state index is 0.00272. The van der Waals surface area contributed by atoms with Gasteiger partial charge in [-0.3, -0.25) is 9.48 Å². The van der Waals surface area contributed by atoms with Gasteiger partial charge in [-0.05, 0) is 31.1 Å². The number of hydrogen-bond acceptors (Lipinski definition) is 5. The molecular formula is C17H20ClF3N6O3. The van der Waals surface area contributed by atoms with Crippen LogP contribution in [0.4, 0.5) is 19.0 Å². The molecule has 1 N–H and O–H groups in total. The lowest BCUT2D eigenvalue weighted by atomic mass is 10.2. The predicted molar refractivity (Wildman–Crippen MR) is 100 cm³/mol. The van der Waals surface area contributed by atoms with Crippen molar-refractivity contribution < 1.29 is 22.9 Å². The summed E-state index contributed by atoms with van der Waals surface area (Å²) in [6.45, 7) is 2.28. The predicted octanol–water partition coefficient (Wildman–Crippen LogP) is 3.44. The van der Waals surface area contributed by atoms with E-state index in [1.54, 1.807) is 6.92 Å². The first-order chi connectivity index (χ1) is 14.1. The molecule has 164 valence electrons. The molecule has 1 saturated carbocycles. The Kier molecular flexibility index (Phi) is 6.34. The minimum atomic E-state index is -4.61. The van der Waals surface area contributed by atoms with E-state index in [0.29, 0.717) is 17.8 Å². The number of rotatable bonds is 9. The summed E-state index contributed by atoms with van der Waals surface area (Å²) >= 11 is 5.92. The van der Waals surface area contributed by atoms with Crippen LogP contribution in [0, 0.1) is 17.0 Å². The molecule has 0 bridgehead atoms. The van der Waals surface area contributed by atoms with E-state index in [1.165, 1.54) is 15.4 Å². The normalized spacial score (nSPS) is 14.2. The second kappa shape index (κ2) is 8.62. The molecule has 2 aromatic rings. The lowest BCUT2D eigenvalue weighted by Crippen LogP contribution is -2.26. The highest BCUT2D eigenvalue weighted by molar-refractivity contribution is 6.32. The van der Waals surface area contributed by atoms with Crippen LogP contribution in [0.5, 0.6) is 0 Å². The maximum atomic E-state index is 13.1. The van der Waals surface area contributed by atoms with Gasteiger partial charge in [0, 0.05) is 25.4 Å². The highest BCUT2D eigenvalue weighted by Gasteiger charge is 2.41. The summed E-state index contributed by atoms with van der Waals surface area (Å²) in [4.78, 5) is 22.1. The van der Waals surface area contributed by atoms with Crippen LogP contribution in [0.25, 0.3) is 0 Å². The quantitative estimate of drug-likeness (QED) is 0.359. The molecule has 1 aliphatic rings. The first kappa shape index (κ1) is 22.1. The molecule has 1 aliphatic carbocycles. The Morgan fingerprint density at radius 3 is 2.60 bits per heavy atom. The molecule has 0 radical (unpaired) electrons. The van der Waals surface area contributed by atoms with Gasteiger partial charge in [0.1, 0.15) is 0 Å². The standard InChI is InChI=1S/C17H20ClF3N6O3/c1-10-9-12(27(29)30)23-25(10)8-5-13(28)22-6-2-7-26-15(11-3-4-11)14(18)16(24-26)17(19,20)21/h9,11H,2-8H2,1H3,(H,22,28). The average molecular weight is 449 g/mol. The van der Waals surface area contributed by atoms with E-state index in [1.807, 2.05) is 0 Å². The van der Waals surface area contributed by atoms with Gasteiger partial charge in [-0.2, -0.15) is 23.0 Å². The molecule has 0 spiro atoms. The Morgan fingerprint density at radius 2 is 2.03 bits per heavy atom. The van der Waals surface area contributed by atoms with E-state index in [0.717, 1.165) is 12.8 Å². The van der Waals surface area contributed by atoms with E-state index in [4.69, 9.17) is 11.6 Å². The number of alkyl halides is 3. The molecule has 30 heavy (non-hydrogen) atoms. The number of aryl methyl sites for hydroxylation is 3. The second-order valence-corrected chi connectivity index (χ2v) is 7.50. The summed E-state index contributed by atoms with van der Waals surface area (Å²) in [5.74, 6) is -0.572. The van der Waals surface area contributed by atoms with Crippen molar-refractivity contribution in [1.29, 1.82) is 0 Å². The van der Waals surface area contributed by atoms with E-state index >= 15 is 0 Å². The first-order valence-electron chi connectivity index (χ1n) is 9.37. The van der Waals surface area contributed by atoms with Crippen LogP contribution in [-0.4, -0.2) is 36.9 Å². The van der Waals surface area contributed by atoms with Crippen molar-refractivity contribution in [2.45, 2.75) is 57.8 Å². The van der Waals surface area contributed by atoms with Gasteiger partial charge in [0.25, 0.3) is 0 Å². The van der Waals surface area contributed by atoms with Crippen molar-refractivity contribution in [2.24, 2.45) is 0 Å². The fourth-order valence-electron chi connectivity index (χ4n) is 3.11. The molecule has 3 rings (SSSR count). The van der Waals surface area contributed by atoms with E-state index in [2.05, 4.69) is 15.5 Å². The van der Waals surface area contributed by atoms with Gasteiger partial charge in [-0.25, -0.2) is 0 Å². The number of halogens is 4. The molecule has 1 amide bonds. The topological polar surface area (TPSA) is 108 Å². The van der Waals surface area contributed by atoms with Gasteiger partial charge < -0.3 is 15.4 Å². The monoisotopic (exact) mass is 448 g/mol. The van der Waals surface area contributed by atoms with Gasteiger partial charge in [0.05, 0.1) is 34.1 Å². The SMILES string of the molecule is Cc1cc([N+](=O)[O-])nn1CCC(=O)NCCCn1nc(C(F)(F)F)c(Cl)c1C1CC1. The zero-order valence-corrected chi connectivity index (χ0v) is 16.8. The molecule has 0 unspecified atom stereocenters. The van der Waals surface area contributed by atoms with Crippen molar-refractivity contribution in [3.63, 3.8) is 0 Å². The molecule has 1 fully saturated rings. The molecule has 9 nitrogen and oxygen atoms in total. The van der Waals surface area contributed by atoms with Crippen LogP contribution < -0.4 is 5.32 Å². The van der Waals surface area contributed by atoms with Crippen LogP contribution in [0.1, 0.15) is 48.7 Å². The number of hydrogen-bond donors (Lipinski definition) is 1. The zero-order valence-electron chi connectivity index (χ0n) is 16.1. The Balaban J connectivity index is 1.48. The van der Waals surface area contributed by atoms with Gasteiger partial charge in [0.2, 0.25) is 5.91 Å². The van der Waals surface area contributed by atoms with Gasteiger partial charge in [0.15, 0.2) is 5.69 Å². The number of nitrogens with zero attached hydrogens (tertiary/aromatic N) is 5. The van der Waals surface area contributed by atoms with Crippen LogP contribution in [0.2, 0.25) is 5.02 Å². The first-order valence-corrected chi connectivity index (χ1v) is 9.74. The van der Waals surface area contributed by atoms with E-state index in [-0.39, 0.29) is 48.7 Å². The number of nitrogens with one attached hydrogen (secondary N) is 1. The summed E-state index contributed by atoms with van der Waals surface area (Å²) in [7, 11) is 0. The highest BCUT2D eigenvalue weighted by atomic mass is 35.5. The van der Waals surface area contributed by atoms with Crippen molar-refractivity contribution in [3.05, 3.63) is 38.3 Å². The molecule has 0 aliphatic heterocycles. The Labute approximate surface area is 174 Å². The fourth-order valence-corrected chi connectivity index (χ4v) is 3.51. The lowest BCUT2D eigenvalue weighted by molar-refractivity contribution is -0.389. The summed E-state index contributed by atoms with van der Waals surface area (Å²) in [6.07, 6.45) is -2.60. The minimum Gasteiger partial charge on any atom is -0.358 e. The highest BCUT2D eigenvalue weighted by Crippen LogP contribution is 2.46. The number of carbonyl (C=O) groups is 1. The molecule has 13 heteroatoms. The van der Waals surface area contributed by atoms with Gasteiger partial charge in [-0.15, -0.1) is 0 Å². The third kappa shape index (κ3) is 5.10. The molecule has 0 atom stereocenters. The largest absolute Gasteiger partial charge is 0.436 e. The van der Waals surface area contributed by atoms with Crippen molar-refractivity contribution in [2.75, 3.05) is 6.54 Å². The van der Waals surface area contributed by atoms with Gasteiger partial charge >= 0.3 is 12.0 Å². The van der Waals surface area contributed by atoms with E-state index in [9.17, 15) is 28.1 Å². The fraction of sp³-hybridized carbons (Fsp3) is 0.588. The molecular weight excluding hydrogens is 429 g/mol. The van der Waals surface area contributed by atoms with Crippen LogP contribution >= 0.6 is 11.6 Å². The molecule has 0 aromatic carbocycles. The summed E-state index contributed by atoms with van der Waals surface area (Å²) in [5.41, 5.74) is -0.0945. The van der Waals surface area contributed by atoms with Gasteiger partial charge in [-0.1, -0.05) is 11.6 Å². The molecule has 0 saturated heterocycles. The lowest BCUT2D eigenvalue weighted by Gasteiger charge is -2.08. The van der Waals surface area contributed by atoms with Crippen molar-refractivity contribution in [1.82, 2.24) is 24.9 Å². The Morgan fingerprint density at radius 1 is 1.33 bits per heavy atom. The summed E-state index contributed by atoms with van der Waals surface area (Å²) in [6, 6.07) is 1.32. The third-order valence-corrected chi connectivity index (χ3v) is 5.11. The maximum Gasteiger partial charge on any atom is 0.436 e. The van der Waals surface area contributed by atoms with Crippen LogP contribution in [0.15, 0.2) is 6.07 Å². The number of amides is 1. The van der Waals surface area contributed by atoms with Crippen LogP contribution in [-0.2, 0) is 24.1 Å². The third-order valence-electron chi connectivity index (χ3n) is 4.74. The zero-order chi connectivity index (χ0) is 22.1. The van der Waals surface area contributed by atoms with E-state index < -0.39 is 16.8 Å². The average Bonchev–Trinajstić information content (AvgIpc) is 3.32. The number of aromatic nitrogens is 4. The molecule has 2 aromatic heterocycles. The summed E-state index contributed by atoms with van der Waals surface area (Å²) < 4.78 is 41.8. The maximum absolute atomic E-state index is 13.1. The second-order valence-electron chi connectivity index (χ2n) is 7.12. The smallest absolute Gasteiger partial charge is 0.358 e. The molecule has 2 heterocycles. The van der Waals surface area contributed by atoms with Crippen molar-refractivity contribution >= 4 is 23.3 Å².